The van der Waals surface area contributed by atoms with Crippen molar-refractivity contribution in [2.24, 2.45) is 0 Å². The predicted molar refractivity (Wildman–Crippen MR) is 63.6 cm³/mol. The van der Waals surface area contributed by atoms with Gasteiger partial charge in [-0.3, -0.25) is 4.57 Å². The van der Waals surface area contributed by atoms with Gasteiger partial charge in [0.15, 0.2) is 0 Å². The van der Waals surface area contributed by atoms with Gasteiger partial charge in [-0.2, -0.15) is 5.26 Å². The van der Waals surface area contributed by atoms with E-state index in [1.54, 1.807) is 29.4 Å². The Bertz CT molecular complexity index is 708. The SMILES string of the molecule is N#Cc1cc(-n2ccnc2)nc2ccccc12. The van der Waals surface area contributed by atoms with E-state index in [1.807, 2.05) is 24.3 Å². The first kappa shape index (κ1) is 9.55. The second kappa shape index (κ2) is 3.72. The van der Waals surface area contributed by atoms with E-state index in [4.69, 9.17) is 5.26 Å². The summed E-state index contributed by atoms with van der Waals surface area (Å²) in [5.74, 6) is 0.706. The summed E-state index contributed by atoms with van der Waals surface area (Å²) in [5, 5.41) is 10.0. The molecule has 0 aliphatic heterocycles. The summed E-state index contributed by atoms with van der Waals surface area (Å²) in [6.45, 7) is 0. The smallest absolute Gasteiger partial charge is 0.139 e. The highest BCUT2D eigenvalue weighted by atomic mass is 15.1. The molecule has 2 aromatic heterocycles. The molecule has 0 amide bonds. The van der Waals surface area contributed by atoms with Crippen LogP contribution in [0.1, 0.15) is 5.56 Å². The quantitative estimate of drug-likeness (QED) is 0.632. The molecule has 0 radical (unpaired) electrons. The molecule has 0 saturated heterocycles. The van der Waals surface area contributed by atoms with Crippen LogP contribution in [0.25, 0.3) is 16.7 Å². The third-order valence-electron chi connectivity index (χ3n) is 2.59. The molecule has 0 bridgehead atoms. The molecule has 0 saturated carbocycles. The lowest BCUT2D eigenvalue weighted by Gasteiger charge is -2.05. The van der Waals surface area contributed by atoms with Crippen LogP contribution in [0.4, 0.5) is 0 Å². The van der Waals surface area contributed by atoms with Crippen molar-refractivity contribution in [3.8, 4) is 11.9 Å². The van der Waals surface area contributed by atoms with Gasteiger partial charge in [-0.05, 0) is 12.1 Å². The van der Waals surface area contributed by atoms with E-state index in [9.17, 15) is 0 Å². The van der Waals surface area contributed by atoms with Gasteiger partial charge in [-0.1, -0.05) is 18.2 Å². The molecule has 4 nitrogen and oxygen atoms in total. The number of benzene rings is 1. The van der Waals surface area contributed by atoms with Gasteiger partial charge >= 0.3 is 0 Å². The average Bonchev–Trinajstić information content (AvgIpc) is 2.91. The number of rotatable bonds is 1. The summed E-state index contributed by atoms with van der Waals surface area (Å²) in [4.78, 5) is 8.47. The molecule has 0 aliphatic rings. The van der Waals surface area contributed by atoms with Crippen LogP contribution >= 0.6 is 0 Å². The van der Waals surface area contributed by atoms with Crippen LogP contribution in [-0.4, -0.2) is 14.5 Å². The van der Waals surface area contributed by atoms with Crippen molar-refractivity contribution < 1.29 is 0 Å². The van der Waals surface area contributed by atoms with Crippen LogP contribution in [0.2, 0.25) is 0 Å². The third-order valence-corrected chi connectivity index (χ3v) is 2.59. The van der Waals surface area contributed by atoms with Crippen LogP contribution in [0, 0.1) is 11.3 Å². The first-order chi connectivity index (χ1) is 8.38. The number of hydrogen-bond acceptors (Lipinski definition) is 3. The van der Waals surface area contributed by atoms with E-state index in [-0.39, 0.29) is 0 Å². The minimum Gasteiger partial charge on any atom is -0.290 e. The zero-order chi connectivity index (χ0) is 11.7. The van der Waals surface area contributed by atoms with Crippen molar-refractivity contribution in [2.45, 2.75) is 0 Å². The third kappa shape index (κ3) is 1.54. The lowest BCUT2D eigenvalue weighted by molar-refractivity contribution is 1.00. The van der Waals surface area contributed by atoms with Crippen molar-refractivity contribution in [1.29, 1.82) is 5.26 Å². The summed E-state index contributed by atoms with van der Waals surface area (Å²) in [6.07, 6.45) is 5.15. The van der Waals surface area contributed by atoms with Gasteiger partial charge in [0, 0.05) is 17.8 Å². The van der Waals surface area contributed by atoms with Crippen molar-refractivity contribution in [1.82, 2.24) is 14.5 Å². The fraction of sp³-hybridized carbons (Fsp3) is 0. The fourth-order valence-electron chi connectivity index (χ4n) is 1.78. The maximum absolute atomic E-state index is 9.15. The Labute approximate surface area is 97.8 Å². The van der Waals surface area contributed by atoms with Crippen LogP contribution in [0.5, 0.6) is 0 Å². The second-order valence-corrected chi connectivity index (χ2v) is 3.63. The Morgan fingerprint density at radius 2 is 2.12 bits per heavy atom. The monoisotopic (exact) mass is 220 g/mol. The van der Waals surface area contributed by atoms with Crippen LogP contribution < -0.4 is 0 Å². The summed E-state index contributed by atoms with van der Waals surface area (Å²) in [5.41, 5.74) is 1.44. The van der Waals surface area contributed by atoms with Gasteiger partial charge in [0.25, 0.3) is 0 Å². The first-order valence-electron chi connectivity index (χ1n) is 5.17. The highest BCUT2D eigenvalue weighted by Crippen LogP contribution is 2.19. The summed E-state index contributed by atoms with van der Waals surface area (Å²) < 4.78 is 1.78. The lowest BCUT2D eigenvalue weighted by Crippen LogP contribution is -1.96. The predicted octanol–water partition coefficient (Wildman–Crippen LogP) is 2.29. The molecule has 0 spiro atoms. The summed E-state index contributed by atoms with van der Waals surface area (Å²) >= 11 is 0. The second-order valence-electron chi connectivity index (χ2n) is 3.63. The Morgan fingerprint density at radius 3 is 2.88 bits per heavy atom. The Kier molecular flexibility index (Phi) is 2.09. The summed E-state index contributed by atoms with van der Waals surface area (Å²) in [6, 6.07) is 11.6. The van der Waals surface area contributed by atoms with Gasteiger partial charge in [-0.15, -0.1) is 0 Å². The minimum atomic E-state index is 0.624. The van der Waals surface area contributed by atoms with E-state index in [0.717, 1.165) is 10.9 Å². The van der Waals surface area contributed by atoms with Gasteiger partial charge < -0.3 is 0 Å². The average molecular weight is 220 g/mol. The van der Waals surface area contributed by atoms with E-state index < -0.39 is 0 Å². The molecule has 0 unspecified atom stereocenters. The van der Waals surface area contributed by atoms with Crippen molar-refractivity contribution in [3.63, 3.8) is 0 Å². The summed E-state index contributed by atoms with van der Waals surface area (Å²) in [7, 11) is 0. The molecule has 3 aromatic rings. The molecule has 4 heteroatoms. The van der Waals surface area contributed by atoms with Crippen molar-refractivity contribution in [3.05, 3.63) is 54.6 Å². The van der Waals surface area contributed by atoms with Crippen LogP contribution in [0.3, 0.4) is 0 Å². The molecule has 3 rings (SSSR count). The van der Waals surface area contributed by atoms with Gasteiger partial charge in [0.1, 0.15) is 12.1 Å². The van der Waals surface area contributed by atoms with Gasteiger partial charge in [0.2, 0.25) is 0 Å². The largest absolute Gasteiger partial charge is 0.290 e. The highest BCUT2D eigenvalue weighted by Gasteiger charge is 2.05. The number of nitrogens with zero attached hydrogens (tertiary/aromatic N) is 4. The highest BCUT2D eigenvalue weighted by molar-refractivity contribution is 5.85. The topological polar surface area (TPSA) is 54.5 Å². The minimum absolute atomic E-state index is 0.624. The Morgan fingerprint density at radius 1 is 1.24 bits per heavy atom. The van der Waals surface area contributed by atoms with E-state index in [2.05, 4.69) is 16.0 Å². The van der Waals surface area contributed by atoms with Gasteiger partial charge in [0.05, 0.1) is 17.1 Å². The van der Waals surface area contributed by atoms with E-state index >= 15 is 0 Å². The number of hydrogen-bond donors (Lipinski definition) is 0. The molecule has 0 fully saturated rings. The maximum atomic E-state index is 9.15. The zero-order valence-corrected chi connectivity index (χ0v) is 8.91. The molecule has 17 heavy (non-hydrogen) atoms. The Hall–Kier alpha value is -2.67. The number of imidazole rings is 1. The molecule has 1 aromatic carbocycles. The number of para-hydroxylation sites is 1. The molecular weight excluding hydrogens is 212 g/mol. The molecule has 0 atom stereocenters. The fourth-order valence-corrected chi connectivity index (χ4v) is 1.78. The van der Waals surface area contributed by atoms with Crippen molar-refractivity contribution >= 4 is 10.9 Å². The molecular formula is C13H8N4. The van der Waals surface area contributed by atoms with Crippen LogP contribution in [0.15, 0.2) is 49.1 Å². The van der Waals surface area contributed by atoms with E-state index in [1.165, 1.54) is 0 Å². The van der Waals surface area contributed by atoms with Gasteiger partial charge in [-0.25, -0.2) is 9.97 Å². The van der Waals surface area contributed by atoms with E-state index in [0.29, 0.717) is 11.4 Å². The number of nitriles is 1. The molecule has 80 valence electrons. The Balaban J connectivity index is 2.33. The molecule has 0 N–H and O–H groups in total. The zero-order valence-electron chi connectivity index (χ0n) is 8.91. The lowest BCUT2D eigenvalue weighted by atomic mass is 10.1. The standard InChI is InChI=1S/C13H8N4/c14-8-10-7-13(17-6-5-15-9-17)16-12-4-2-1-3-11(10)12/h1-7,9H. The van der Waals surface area contributed by atoms with Crippen LogP contribution in [-0.2, 0) is 0 Å². The van der Waals surface area contributed by atoms with Crippen molar-refractivity contribution in [2.75, 3.05) is 0 Å². The normalized spacial score (nSPS) is 10.3. The number of pyridine rings is 1. The molecule has 2 heterocycles. The maximum Gasteiger partial charge on any atom is 0.139 e. The molecule has 0 aliphatic carbocycles. The number of fused-ring (bicyclic) bond motifs is 1. The first-order valence-corrected chi connectivity index (χ1v) is 5.17. The number of aromatic nitrogens is 3.